The molecule has 0 radical (unpaired) electrons. The molecule has 32 heavy (non-hydrogen) atoms. The average Bonchev–Trinajstić information content (AvgIpc) is 2.86. The van der Waals surface area contributed by atoms with Gasteiger partial charge >= 0.3 is 0 Å². The van der Waals surface area contributed by atoms with E-state index in [2.05, 4.69) is 46.4 Å². The van der Waals surface area contributed by atoms with Gasteiger partial charge in [0, 0.05) is 44.2 Å². The van der Waals surface area contributed by atoms with Crippen LogP contribution in [0, 0.1) is 0 Å². The van der Waals surface area contributed by atoms with Gasteiger partial charge in [-0.2, -0.15) is 0 Å². The Morgan fingerprint density at radius 2 is 1.69 bits per heavy atom. The van der Waals surface area contributed by atoms with E-state index in [1.165, 1.54) is 16.7 Å². The van der Waals surface area contributed by atoms with Crippen molar-refractivity contribution in [2.45, 2.75) is 45.7 Å². The third kappa shape index (κ3) is 5.41. The number of Topliss-reactive ketones (excluding diaryl/α,β-unsaturated/α-hetero) is 1. The van der Waals surface area contributed by atoms with Crippen molar-refractivity contribution in [1.29, 1.82) is 0 Å². The Balaban J connectivity index is 1.23. The molecule has 2 aromatic carbocycles. The number of anilines is 1. The van der Waals surface area contributed by atoms with E-state index in [-0.39, 0.29) is 24.5 Å². The summed E-state index contributed by atoms with van der Waals surface area (Å²) in [6.07, 6.45) is 4.18. The van der Waals surface area contributed by atoms with Crippen LogP contribution in [0.2, 0.25) is 0 Å². The number of hydrogen-bond donors (Lipinski definition) is 1. The van der Waals surface area contributed by atoms with Crippen molar-refractivity contribution in [2.75, 3.05) is 11.4 Å². The van der Waals surface area contributed by atoms with Crippen molar-refractivity contribution in [3.8, 4) is 0 Å². The molecule has 1 aromatic heterocycles. The maximum Gasteiger partial charge on any atom is 0.220 e. The summed E-state index contributed by atoms with van der Waals surface area (Å²) in [5.41, 5.74) is 5.58. The molecule has 0 unspecified atom stereocenters. The van der Waals surface area contributed by atoms with E-state index in [0.29, 0.717) is 12.1 Å². The molecule has 3 aromatic rings. The molecule has 0 saturated carbocycles. The number of nitrogens with one attached hydrogen (secondary N) is 1. The third-order valence-corrected chi connectivity index (χ3v) is 6.02. The van der Waals surface area contributed by atoms with Gasteiger partial charge in [-0.1, -0.05) is 61.5 Å². The summed E-state index contributed by atoms with van der Waals surface area (Å²) >= 11 is 0. The number of carbonyl (C=O) groups is 2. The minimum Gasteiger partial charge on any atom is -0.352 e. The zero-order valence-electron chi connectivity index (χ0n) is 18.5. The van der Waals surface area contributed by atoms with Crippen LogP contribution in [0.1, 0.15) is 52.4 Å². The number of benzene rings is 2. The Morgan fingerprint density at radius 1 is 0.938 bits per heavy atom. The van der Waals surface area contributed by atoms with Crippen molar-refractivity contribution < 1.29 is 9.59 Å². The Hall–Kier alpha value is -3.47. The Kier molecular flexibility index (Phi) is 6.95. The summed E-state index contributed by atoms with van der Waals surface area (Å²) in [5, 5.41) is 2.89. The lowest BCUT2D eigenvalue weighted by Crippen LogP contribution is -2.31. The standard InChI is InChI=1S/C27H29N3O2/c1-2-20-7-10-23(11-8-20)25(31)12-14-27(32)29-18-21-9-13-26(28-17-21)30-16-15-22-5-3-4-6-24(22)19-30/h3-11,13,17H,2,12,14-16,18-19H2,1H3,(H,29,32). The summed E-state index contributed by atoms with van der Waals surface area (Å²) in [6.45, 7) is 4.31. The molecule has 0 spiro atoms. The largest absolute Gasteiger partial charge is 0.352 e. The van der Waals surface area contributed by atoms with Crippen LogP contribution in [0.4, 0.5) is 5.82 Å². The van der Waals surface area contributed by atoms with Crippen molar-refractivity contribution >= 4 is 17.5 Å². The van der Waals surface area contributed by atoms with E-state index < -0.39 is 0 Å². The van der Waals surface area contributed by atoms with Crippen LogP contribution in [0.3, 0.4) is 0 Å². The molecule has 0 bridgehead atoms. The molecule has 164 valence electrons. The molecule has 1 aliphatic rings. The van der Waals surface area contributed by atoms with Gasteiger partial charge in [-0.25, -0.2) is 4.98 Å². The first-order valence-electron chi connectivity index (χ1n) is 11.3. The number of amides is 1. The number of carbonyl (C=O) groups excluding carboxylic acids is 2. The zero-order valence-corrected chi connectivity index (χ0v) is 18.5. The van der Waals surface area contributed by atoms with Gasteiger partial charge in [0.1, 0.15) is 5.82 Å². The number of fused-ring (bicyclic) bond motifs is 1. The second-order valence-corrected chi connectivity index (χ2v) is 8.22. The molecule has 5 heteroatoms. The Labute approximate surface area is 189 Å². The van der Waals surface area contributed by atoms with Crippen LogP contribution in [0.25, 0.3) is 0 Å². The summed E-state index contributed by atoms with van der Waals surface area (Å²) in [4.78, 5) is 31.4. The third-order valence-electron chi connectivity index (χ3n) is 6.02. The van der Waals surface area contributed by atoms with E-state index in [9.17, 15) is 9.59 Å². The summed E-state index contributed by atoms with van der Waals surface area (Å²) in [5.74, 6) is 0.825. The first-order valence-corrected chi connectivity index (χ1v) is 11.3. The smallest absolute Gasteiger partial charge is 0.220 e. The van der Waals surface area contributed by atoms with Gasteiger partial charge < -0.3 is 10.2 Å². The van der Waals surface area contributed by atoms with Crippen LogP contribution in [0.5, 0.6) is 0 Å². The number of ketones is 1. The minimum atomic E-state index is -0.125. The highest BCUT2D eigenvalue weighted by atomic mass is 16.2. The molecule has 0 saturated heterocycles. The van der Waals surface area contributed by atoms with Crippen molar-refractivity contribution in [3.63, 3.8) is 0 Å². The molecule has 5 nitrogen and oxygen atoms in total. The van der Waals surface area contributed by atoms with Crippen LogP contribution >= 0.6 is 0 Å². The average molecular weight is 428 g/mol. The van der Waals surface area contributed by atoms with Crippen LogP contribution < -0.4 is 10.2 Å². The van der Waals surface area contributed by atoms with Gasteiger partial charge in [0.05, 0.1) is 0 Å². The Morgan fingerprint density at radius 3 is 2.41 bits per heavy atom. The van der Waals surface area contributed by atoms with Gasteiger partial charge in [0.2, 0.25) is 5.91 Å². The number of hydrogen-bond acceptors (Lipinski definition) is 4. The maximum absolute atomic E-state index is 12.3. The molecular formula is C27H29N3O2. The topological polar surface area (TPSA) is 62.3 Å². The molecule has 0 aliphatic carbocycles. The van der Waals surface area contributed by atoms with Crippen molar-refractivity contribution in [1.82, 2.24) is 10.3 Å². The lowest BCUT2D eigenvalue weighted by Gasteiger charge is -2.29. The van der Waals surface area contributed by atoms with Crippen LogP contribution in [-0.2, 0) is 30.7 Å². The van der Waals surface area contributed by atoms with E-state index in [0.717, 1.165) is 37.3 Å². The lowest BCUT2D eigenvalue weighted by molar-refractivity contribution is -0.121. The Bertz CT molecular complexity index is 1070. The SMILES string of the molecule is CCc1ccc(C(=O)CCC(=O)NCc2ccc(N3CCc4ccccc4C3)nc2)cc1. The normalized spacial score (nSPS) is 12.8. The second-order valence-electron chi connectivity index (χ2n) is 8.22. The van der Waals surface area contributed by atoms with Gasteiger partial charge in [0.25, 0.3) is 0 Å². The maximum atomic E-state index is 12.3. The second kappa shape index (κ2) is 10.2. The van der Waals surface area contributed by atoms with Gasteiger partial charge in [0.15, 0.2) is 5.78 Å². The molecule has 4 rings (SSSR count). The highest BCUT2D eigenvalue weighted by Gasteiger charge is 2.17. The first kappa shape index (κ1) is 21.8. The van der Waals surface area contributed by atoms with Gasteiger partial charge in [-0.15, -0.1) is 0 Å². The van der Waals surface area contributed by atoms with E-state index in [1.54, 1.807) is 0 Å². The van der Waals surface area contributed by atoms with Crippen molar-refractivity contribution in [2.24, 2.45) is 0 Å². The molecule has 0 atom stereocenters. The number of nitrogens with zero attached hydrogens (tertiary/aromatic N) is 2. The van der Waals surface area contributed by atoms with Gasteiger partial charge in [-0.05, 0) is 41.2 Å². The fourth-order valence-corrected chi connectivity index (χ4v) is 3.99. The highest BCUT2D eigenvalue weighted by molar-refractivity contribution is 5.97. The van der Waals surface area contributed by atoms with E-state index in [4.69, 9.17) is 0 Å². The predicted octanol–water partition coefficient (Wildman–Crippen LogP) is 4.49. The zero-order chi connectivity index (χ0) is 22.3. The number of pyridine rings is 1. The number of aryl methyl sites for hydroxylation is 1. The molecule has 2 heterocycles. The first-order chi connectivity index (χ1) is 15.6. The molecule has 0 fully saturated rings. The quantitative estimate of drug-likeness (QED) is 0.538. The lowest BCUT2D eigenvalue weighted by atomic mass is 10.00. The number of aromatic nitrogens is 1. The highest BCUT2D eigenvalue weighted by Crippen LogP contribution is 2.23. The van der Waals surface area contributed by atoms with Crippen molar-refractivity contribution in [3.05, 3.63) is 94.7 Å². The molecule has 1 N–H and O–H groups in total. The fourth-order valence-electron chi connectivity index (χ4n) is 3.99. The van der Waals surface area contributed by atoms with E-state index >= 15 is 0 Å². The molecular weight excluding hydrogens is 398 g/mol. The fraction of sp³-hybridized carbons (Fsp3) is 0.296. The summed E-state index contributed by atoms with van der Waals surface area (Å²) in [7, 11) is 0. The predicted molar refractivity (Wildman–Crippen MR) is 127 cm³/mol. The minimum absolute atomic E-state index is 0.00284. The monoisotopic (exact) mass is 427 g/mol. The molecule has 1 amide bonds. The molecule has 1 aliphatic heterocycles. The van der Waals surface area contributed by atoms with Crippen LogP contribution in [0.15, 0.2) is 66.9 Å². The van der Waals surface area contributed by atoms with Gasteiger partial charge in [-0.3, -0.25) is 9.59 Å². The number of rotatable bonds is 8. The summed E-state index contributed by atoms with van der Waals surface area (Å²) in [6, 6.07) is 20.2. The van der Waals surface area contributed by atoms with E-state index in [1.807, 2.05) is 42.6 Å². The summed E-state index contributed by atoms with van der Waals surface area (Å²) < 4.78 is 0. The van der Waals surface area contributed by atoms with Crippen LogP contribution in [-0.4, -0.2) is 23.2 Å².